The first-order chi connectivity index (χ1) is 17.7. The van der Waals surface area contributed by atoms with Crippen LogP contribution in [0.5, 0.6) is 5.75 Å². The molecule has 1 amide bonds. The molecular formula is C27H32F3N5O2. The summed E-state index contributed by atoms with van der Waals surface area (Å²) in [6.07, 6.45) is -0.386. The lowest BCUT2D eigenvalue weighted by Crippen LogP contribution is -2.50. The van der Waals surface area contributed by atoms with Crippen molar-refractivity contribution in [2.24, 2.45) is 5.92 Å². The molecule has 198 valence electrons. The second kappa shape index (κ2) is 11.7. The van der Waals surface area contributed by atoms with Gasteiger partial charge < -0.3 is 20.3 Å². The highest BCUT2D eigenvalue weighted by Crippen LogP contribution is 2.35. The summed E-state index contributed by atoms with van der Waals surface area (Å²) in [5.74, 6) is -0.701. The van der Waals surface area contributed by atoms with Gasteiger partial charge in [-0.1, -0.05) is 31.4 Å². The first kappa shape index (κ1) is 26.6. The molecule has 2 fully saturated rings. The van der Waals surface area contributed by atoms with Crippen LogP contribution in [0.2, 0.25) is 0 Å². The minimum absolute atomic E-state index is 0.142. The standard InChI is InChI=1S/C27H32F3N5O2/c28-27(29,30)37-25-9-5-4-8-24(25)35(26(36)20-6-2-1-3-7-20)17-14-33-12-15-34(16-13-33)23-11-10-22(32)18-21(23)19-31/h4-5,8-11,18,20H,1-3,6-7,12-17,32H2. The smallest absolute Gasteiger partial charge is 0.404 e. The molecule has 1 aliphatic heterocycles. The predicted octanol–water partition coefficient (Wildman–Crippen LogP) is 4.77. The molecule has 0 unspecified atom stereocenters. The monoisotopic (exact) mass is 515 g/mol. The van der Waals surface area contributed by atoms with E-state index in [9.17, 15) is 23.2 Å². The Balaban J connectivity index is 1.46. The molecule has 2 aromatic rings. The fourth-order valence-corrected chi connectivity index (χ4v) is 5.18. The first-order valence-corrected chi connectivity index (χ1v) is 12.7. The quantitative estimate of drug-likeness (QED) is 0.535. The second-order valence-corrected chi connectivity index (χ2v) is 9.56. The fraction of sp³-hybridized carbons (Fsp3) is 0.481. The van der Waals surface area contributed by atoms with Crippen LogP contribution in [0.15, 0.2) is 42.5 Å². The van der Waals surface area contributed by atoms with Gasteiger partial charge in [0.2, 0.25) is 5.91 Å². The van der Waals surface area contributed by atoms with E-state index in [-0.39, 0.29) is 29.8 Å². The summed E-state index contributed by atoms with van der Waals surface area (Å²) in [7, 11) is 0. The third-order valence-electron chi connectivity index (χ3n) is 7.10. The summed E-state index contributed by atoms with van der Waals surface area (Å²) in [5, 5.41) is 9.47. The lowest BCUT2D eigenvalue weighted by atomic mass is 9.88. The molecule has 1 heterocycles. The SMILES string of the molecule is N#Cc1cc(N)ccc1N1CCN(CCN(C(=O)C2CCCCC2)c2ccccc2OC(F)(F)F)CC1. The summed E-state index contributed by atoms with van der Waals surface area (Å²) < 4.78 is 43.6. The molecule has 2 N–H and O–H groups in total. The minimum Gasteiger partial charge on any atom is -0.404 e. The van der Waals surface area contributed by atoms with Gasteiger partial charge >= 0.3 is 6.36 Å². The van der Waals surface area contributed by atoms with Crippen molar-refractivity contribution < 1.29 is 22.7 Å². The molecule has 1 saturated heterocycles. The number of rotatable bonds is 7. The number of carbonyl (C=O) groups excluding carboxylic acids is 1. The van der Waals surface area contributed by atoms with Crippen LogP contribution in [-0.4, -0.2) is 56.4 Å². The molecular weight excluding hydrogens is 483 g/mol. The zero-order chi connectivity index (χ0) is 26.4. The molecule has 1 aliphatic carbocycles. The molecule has 0 spiro atoms. The Morgan fingerprint density at radius 2 is 1.78 bits per heavy atom. The highest BCUT2D eigenvalue weighted by atomic mass is 19.4. The van der Waals surface area contributed by atoms with Crippen molar-refractivity contribution in [3.05, 3.63) is 48.0 Å². The largest absolute Gasteiger partial charge is 0.573 e. The number of nitrogen functional groups attached to an aromatic ring is 1. The molecule has 0 radical (unpaired) electrons. The maximum Gasteiger partial charge on any atom is 0.573 e. The summed E-state index contributed by atoms with van der Waals surface area (Å²) in [6, 6.07) is 13.4. The number of para-hydroxylation sites is 2. The predicted molar refractivity (Wildman–Crippen MR) is 136 cm³/mol. The average molecular weight is 516 g/mol. The van der Waals surface area contributed by atoms with Crippen LogP contribution < -0.4 is 20.3 Å². The van der Waals surface area contributed by atoms with Gasteiger partial charge in [0.15, 0.2) is 5.75 Å². The normalized spacial score (nSPS) is 17.3. The van der Waals surface area contributed by atoms with Gasteiger partial charge in [0, 0.05) is 50.9 Å². The summed E-state index contributed by atoms with van der Waals surface area (Å²) in [4.78, 5) is 19.3. The van der Waals surface area contributed by atoms with E-state index in [0.29, 0.717) is 44.0 Å². The van der Waals surface area contributed by atoms with E-state index in [2.05, 4.69) is 20.6 Å². The number of nitriles is 1. The molecule has 10 heteroatoms. The molecule has 4 rings (SSSR count). The van der Waals surface area contributed by atoms with E-state index in [1.807, 2.05) is 6.07 Å². The Morgan fingerprint density at radius 1 is 1.08 bits per heavy atom. The lowest BCUT2D eigenvalue weighted by Gasteiger charge is -2.38. The van der Waals surface area contributed by atoms with E-state index in [1.165, 1.54) is 23.1 Å². The van der Waals surface area contributed by atoms with Gasteiger partial charge in [0.1, 0.15) is 6.07 Å². The molecule has 0 aromatic heterocycles. The minimum atomic E-state index is -4.85. The maximum atomic E-state index is 13.5. The molecule has 2 aliphatic rings. The molecule has 2 aromatic carbocycles. The van der Waals surface area contributed by atoms with Crippen LogP contribution in [0.4, 0.5) is 30.2 Å². The van der Waals surface area contributed by atoms with E-state index in [1.54, 1.807) is 18.2 Å². The number of halogens is 3. The summed E-state index contributed by atoms with van der Waals surface area (Å²) in [6.45, 7) is 3.53. The van der Waals surface area contributed by atoms with Crippen molar-refractivity contribution in [2.45, 2.75) is 38.5 Å². The van der Waals surface area contributed by atoms with Gasteiger partial charge in [0.25, 0.3) is 0 Å². The zero-order valence-corrected chi connectivity index (χ0v) is 20.7. The second-order valence-electron chi connectivity index (χ2n) is 9.56. The Hall–Kier alpha value is -3.45. The molecule has 37 heavy (non-hydrogen) atoms. The summed E-state index contributed by atoms with van der Waals surface area (Å²) in [5.41, 5.74) is 7.86. The summed E-state index contributed by atoms with van der Waals surface area (Å²) >= 11 is 0. The van der Waals surface area contributed by atoms with Crippen LogP contribution in [0, 0.1) is 17.2 Å². The Labute approximate surface area is 215 Å². The van der Waals surface area contributed by atoms with Gasteiger partial charge in [-0.3, -0.25) is 9.69 Å². The highest BCUT2D eigenvalue weighted by molar-refractivity contribution is 5.96. The molecule has 7 nitrogen and oxygen atoms in total. The van der Waals surface area contributed by atoms with Crippen LogP contribution in [0.3, 0.4) is 0 Å². The van der Waals surface area contributed by atoms with Crippen LogP contribution in [0.25, 0.3) is 0 Å². The number of alkyl halides is 3. The zero-order valence-electron chi connectivity index (χ0n) is 20.7. The van der Waals surface area contributed by atoms with Crippen molar-refractivity contribution in [1.82, 2.24) is 4.90 Å². The third-order valence-corrected chi connectivity index (χ3v) is 7.10. The van der Waals surface area contributed by atoms with Crippen molar-refractivity contribution >= 4 is 23.0 Å². The van der Waals surface area contributed by atoms with Crippen molar-refractivity contribution in [2.75, 3.05) is 54.8 Å². The molecule has 0 atom stereocenters. The topological polar surface area (TPSA) is 85.8 Å². The lowest BCUT2D eigenvalue weighted by molar-refractivity contribution is -0.274. The van der Waals surface area contributed by atoms with E-state index in [4.69, 9.17) is 5.73 Å². The molecule has 0 bridgehead atoms. The number of ether oxygens (including phenoxy) is 1. The number of hydrogen-bond acceptors (Lipinski definition) is 6. The van der Waals surface area contributed by atoms with Gasteiger partial charge in [-0.15, -0.1) is 13.2 Å². The van der Waals surface area contributed by atoms with E-state index < -0.39 is 6.36 Å². The van der Waals surface area contributed by atoms with Gasteiger partial charge in [0.05, 0.1) is 16.9 Å². The average Bonchev–Trinajstić information content (AvgIpc) is 2.89. The number of amides is 1. The van der Waals surface area contributed by atoms with E-state index >= 15 is 0 Å². The van der Waals surface area contributed by atoms with Crippen molar-refractivity contribution in [1.29, 1.82) is 5.26 Å². The Bertz CT molecular complexity index is 1120. The third kappa shape index (κ3) is 6.86. The Kier molecular flexibility index (Phi) is 8.44. The molecule has 1 saturated carbocycles. The number of carbonyl (C=O) groups is 1. The van der Waals surface area contributed by atoms with Gasteiger partial charge in [-0.25, -0.2) is 0 Å². The van der Waals surface area contributed by atoms with Crippen molar-refractivity contribution in [3.8, 4) is 11.8 Å². The van der Waals surface area contributed by atoms with Crippen LogP contribution >= 0.6 is 0 Å². The van der Waals surface area contributed by atoms with Crippen molar-refractivity contribution in [3.63, 3.8) is 0 Å². The maximum absolute atomic E-state index is 13.5. The fourth-order valence-electron chi connectivity index (χ4n) is 5.18. The van der Waals surface area contributed by atoms with Crippen LogP contribution in [0.1, 0.15) is 37.7 Å². The van der Waals surface area contributed by atoms with E-state index in [0.717, 1.165) is 37.8 Å². The number of hydrogen-bond donors (Lipinski definition) is 1. The number of benzene rings is 2. The van der Waals surface area contributed by atoms with Crippen LogP contribution in [-0.2, 0) is 4.79 Å². The number of nitrogens with two attached hydrogens (primary N) is 1. The highest BCUT2D eigenvalue weighted by Gasteiger charge is 2.35. The van der Waals surface area contributed by atoms with Gasteiger partial charge in [-0.2, -0.15) is 5.26 Å². The Morgan fingerprint density at radius 3 is 2.46 bits per heavy atom. The number of piperazine rings is 1. The number of nitrogens with zero attached hydrogens (tertiary/aromatic N) is 4. The van der Waals surface area contributed by atoms with Gasteiger partial charge in [-0.05, 0) is 43.2 Å². The first-order valence-electron chi connectivity index (χ1n) is 12.7. The number of anilines is 3.